The maximum absolute atomic E-state index is 9.92. The van der Waals surface area contributed by atoms with Crippen LogP contribution in [0.2, 0.25) is 0 Å². The van der Waals surface area contributed by atoms with E-state index in [0.717, 1.165) is 4.90 Å². The van der Waals surface area contributed by atoms with E-state index in [1.807, 2.05) is 0 Å². The summed E-state index contributed by atoms with van der Waals surface area (Å²) in [5.41, 5.74) is 4.93. The van der Waals surface area contributed by atoms with Crippen LogP contribution in [0.5, 0.6) is 0 Å². The Morgan fingerprint density at radius 3 is 0.900 bits per heavy atom. The van der Waals surface area contributed by atoms with Crippen LogP contribution in [0.15, 0.2) is 0 Å². The van der Waals surface area contributed by atoms with Gasteiger partial charge in [0.1, 0.15) is 6.54 Å². The molecule has 26 heteroatoms. The Bertz CT molecular complexity index is 533. The number of carbonyl (C=O) groups is 1. The number of nitrogens with two attached hydrogens (primary N) is 1. The SMILES string of the molecule is CN(CC(=O)O)C(=N)N.O=P(O)(O)O.O=P(O)(O)O.O=P(O)(O)O.O=P(O)(O)O.[NaH]. The van der Waals surface area contributed by atoms with Crippen molar-refractivity contribution in [3.8, 4) is 0 Å². The van der Waals surface area contributed by atoms with Crippen LogP contribution in [0, 0.1) is 5.41 Å². The molecule has 0 bridgehead atoms. The van der Waals surface area contributed by atoms with Gasteiger partial charge < -0.3 is 74.5 Å². The Labute approximate surface area is 189 Å². The molecule has 0 aromatic heterocycles. The second-order valence-electron chi connectivity index (χ2n) is 3.69. The van der Waals surface area contributed by atoms with Crippen molar-refractivity contribution in [2.75, 3.05) is 13.6 Å². The van der Waals surface area contributed by atoms with Gasteiger partial charge in [-0.2, -0.15) is 0 Å². The van der Waals surface area contributed by atoms with E-state index in [1.165, 1.54) is 7.05 Å². The Kier molecular flexibility index (Phi) is 29.1. The molecule has 0 aliphatic rings. The first-order valence-corrected chi connectivity index (χ1v) is 11.7. The normalized spacial score (nSPS) is 10.4. The molecule has 0 spiro atoms. The Morgan fingerprint density at radius 2 is 0.867 bits per heavy atom. The second-order valence-corrected chi connectivity index (χ2v) is 7.79. The van der Waals surface area contributed by atoms with E-state index in [0.29, 0.717) is 0 Å². The molecule has 16 N–H and O–H groups in total. The molecule has 0 aromatic rings. The van der Waals surface area contributed by atoms with Crippen LogP contribution in [0.4, 0.5) is 0 Å². The molecule has 30 heavy (non-hydrogen) atoms. The van der Waals surface area contributed by atoms with E-state index >= 15 is 0 Å². The Balaban J connectivity index is -0.0000000613. The third-order valence-electron chi connectivity index (χ3n) is 0.784. The van der Waals surface area contributed by atoms with Gasteiger partial charge in [-0.25, -0.2) is 18.3 Å². The summed E-state index contributed by atoms with van der Waals surface area (Å²) in [6.07, 6.45) is 0. The summed E-state index contributed by atoms with van der Waals surface area (Å²) in [6, 6.07) is 0. The average Bonchev–Trinajstić information content (AvgIpc) is 2.17. The van der Waals surface area contributed by atoms with Crippen molar-refractivity contribution in [3.05, 3.63) is 0 Å². The van der Waals surface area contributed by atoms with Gasteiger partial charge in [-0.15, -0.1) is 0 Å². The fourth-order valence-electron chi connectivity index (χ4n) is 0.288. The first-order valence-electron chi connectivity index (χ1n) is 5.44. The van der Waals surface area contributed by atoms with Crippen LogP contribution in [0.3, 0.4) is 0 Å². The minimum atomic E-state index is -4.64. The molecule has 0 saturated heterocycles. The predicted molar refractivity (Wildman–Crippen MR) is 96.4 cm³/mol. The zero-order chi connectivity index (χ0) is 25.4. The molecule has 0 rings (SSSR count). The minimum absolute atomic E-state index is 0. The summed E-state index contributed by atoms with van der Waals surface area (Å²) < 4.78 is 35.5. The van der Waals surface area contributed by atoms with Gasteiger partial charge in [0.2, 0.25) is 0 Å². The van der Waals surface area contributed by atoms with E-state index < -0.39 is 37.3 Å². The van der Waals surface area contributed by atoms with Gasteiger partial charge in [0.05, 0.1) is 0 Å². The third kappa shape index (κ3) is 311. The molecule has 0 amide bonds. The van der Waals surface area contributed by atoms with Crippen LogP contribution >= 0.6 is 31.3 Å². The summed E-state index contributed by atoms with van der Waals surface area (Å²) >= 11 is 0. The van der Waals surface area contributed by atoms with Crippen LogP contribution in [0.25, 0.3) is 0 Å². The van der Waals surface area contributed by atoms with Gasteiger partial charge in [0.15, 0.2) is 5.96 Å². The summed E-state index contributed by atoms with van der Waals surface area (Å²) in [6.45, 7) is -0.227. The number of phosphoric acid groups is 4. The zero-order valence-corrected chi connectivity index (χ0v) is 17.5. The van der Waals surface area contributed by atoms with Crippen molar-refractivity contribution >= 4 is 72.8 Å². The van der Waals surface area contributed by atoms with Gasteiger partial charge in [-0.3, -0.25) is 10.2 Å². The molecule has 0 aliphatic heterocycles. The predicted octanol–water partition coefficient (Wildman–Crippen LogP) is -5.47. The second kappa shape index (κ2) is 19.8. The summed E-state index contributed by atoms with van der Waals surface area (Å²) in [5, 5.41) is 14.9. The molecule has 0 fully saturated rings. The number of hydrogen-bond donors (Lipinski definition) is 15. The van der Waals surface area contributed by atoms with E-state index in [4.69, 9.17) is 93.2 Å². The number of likely N-dealkylation sites (N-methyl/N-ethyl adjacent to an activating group) is 1. The molecular formula is C4H22N3NaO18P4. The number of nitrogens with one attached hydrogen (secondary N) is 1. The fourth-order valence-corrected chi connectivity index (χ4v) is 0.288. The number of hydrogen-bond acceptors (Lipinski definition) is 6. The maximum atomic E-state index is 9.92. The van der Waals surface area contributed by atoms with Crippen molar-refractivity contribution in [2.45, 2.75) is 0 Å². The van der Waals surface area contributed by atoms with Gasteiger partial charge in [0, 0.05) is 7.05 Å². The molecule has 0 heterocycles. The van der Waals surface area contributed by atoms with Crippen LogP contribution in [0.1, 0.15) is 0 Å². The van der Waals surface area contributed by atoms with Gasteiger partial charge >= 0.3 is 66.8 Å². The van der Waals surface area contributed by atoms with Crippen molar-refractivity contribution in [1.29, 1.82) is 5.41 Å². The van der Waals surface area contributed by atoms with Crippen LogP contribution < -0.4 is 5.73 Å². The summed E-state index contributed by atoms with van der Waals surface area (Å²) in [5.74, 6) is -1.23. The first kappa shape index (κ1) is 44.0. The number of carboxylic acid groups (broad SMARTS) is 1. The number of guanidine groups is 1. The van der Waals surface area contributed by atoms with E-state index in [-0.39, 0.29) is 42.1 Å². The molecule has 0 saturated carbocycles. The van der Waals surface area contributed by atoms with E-state index in [2.05, 4.69) is 0 Å². The van der Waals surface area contributed by atoms with Gasteiger partial charge in [-0.05, 0) is 0 Å². The van der Waals surface area contributed by atoms with Crippen LogP contribution in [-0.4, -0.2) is 124 Å². The van der Waals surface area contributed by atoms with Gasteiger partial charge in [-0.1, -0.05) is 0 Å². The average molecular weight is 547 g/mol. The molecule has 21 nitrogen and oxygen atoms in total. The monoisotopic (exact) mass is 547 g/mol. The van der Waals surface area contributed by atoms with Crippen LogP contribution in [-0.2, 0) is 23.1 Å². The van der Waals surface area contributed by atoms with Crippen molar-refractivity contribution in [1.82, 2.24) is 4.90 Å². The molecule has 0 radical (unpaired) electrons. The zero-order valence-electron chi connectivity index (χ0n) is 13.9. The Hall–Kier alpha value is 0.180. The van der Waals surface area contributed by atoms with Crippen molar-refractivity contribution < 1.29 is 86.9 Å². The first-order chi connectivity index (χ1) is 12.0. The quantitative estimate of drug-likeness (QED) is 0.0663. The molecule has 0 unspecified atom stereocenters. The number of carboxylic acids is 1. The standard InChI is InChI=1S/C4H9N3O2.Na.4H3O4P.H/c1-7(4(5)6)2-3(8)9;;4*1-5(2,3)4;/h2H2,1H3,(H3,5,6)(H,8,9);;4*(H3,1,2,3,4);. The summed E-state index contributed by atoms with van der Waals surface area (Å²) in [7, 11) is -17.1. The number of rotatable bonds is 2. The topological polar surface area (TPSA) is 401 Å². The number of nitrogens with zero attached hydrogens (tertiary/aromatic N) is 1. The Morgan fingerprint density at radius 1 is 0.733 bits per heavy atom. The van der Waals surface area contributed by atoms with Crippen molar-refractivity contribution in [2.24, 2.45) is 5.73 Å². The molecular weight excluding hydrogens is 525 g/mol. The van der Waals surface area contributed by atoms with E-state index in [9.17, 15) is 4.79 Å². The third-order valence-corrected chi connectivity index (χ3v) is 0.784. The molecule has 0 atom stereocenters. The summed E-state index contributed by atoms with van der Waals surface area (Å²) in [4.78, 5) is 97.3. The molecule has 182 valence electrons. The molecule has 0 aromatic carbocycles. The number of aliphatic carboxylic acids is 1. The van der Waals surface area contributed by atoms with E-state index in [1.54, 1.807) is 0 Å². The molecule has 0 aliphatic carbocycles. The van der Waals surface area contributed by atoms with Crippen molar-refractivity contribution in [3.63, 3.8) is 0 Å². The van der Waals surface area contributed by atoms with Gasteiger partial charge in [0.25, 0.3) is 0 Å². The fraction of sp³-hybridized carbons (Fsp3) is 0.500.